The molecule has 0 saturated heterocycles. The van der Waals surface area contributed by atoms with Crippen LogP contribution in [0.5, 0.6) is 0 Å². The average Bonchev–Trinajstić information content (AvgIpc) is 3.14. The number of carboxylic acids is 3. The number of aliphatic carboxylic acids is 3. The summed E-state index contributed by atoms with van der Waals surface area (Å²) in [5.74, 6) is -2.00. The van der Waals surface area contributed by atoms with Crippen LogP contribution in [0, 0.1) is 40.8 Å². The molecule has 3 N–H and O–H groups in total. The molecule has 0 amide bonds. The molecule has 0 heterocycles. The van der Waals surface area contributed by atoms with E-state index in [9.17, 15) is 14.4 Å². The van der Waals surface area contributed by atoms with Gasteiger partial charge in [0.05, 0.1) is 0 Å². The van der Waals surface area contributed by atoms with Gasteiger partial charge >= 0.3 is 17.9 Å². The Bertz CT molecular complexity index is 744. The second-order valence-corrected chi connectivity index (χ2v) is 15.1. The van der Waals surface area contributed by atoms with E-state index in [4.69, 9.17) is 15.3 Å². The molecule has 0 aliphatic carbocycles. The molecule has 322 valence electrons. The van der Waals surface area contributed by atoms with Crippen molar-refractivity contribution in [2.24, 2.45) is 0 Å². The summed E-state index contributed by atoms with van der Waals surface area (Å²) in [5, 5.41) is 25.4. The first-order valence-electron chi connectivity index (χ1n) is 22.9. The Hall–Kier alpha value is -1.02. The Kier molecular flexibility index (Phi) is 63.2. The summed E-state index contributed by atoms with van der Waals surface area (Å²) in [5.41, 5.74) is 0. The molecule has 7 heteroatoms. The van der Waals surface area contributed by atoms with Crippen LogP contribution in [0.2, 0.25) is 0 Å². The molecule has 0 aromatic heterocycles. The van der Waals surface area contributed by atoms with Crippen LogP contribution in [0.25, 0.3) is 0 Å². The van der Waals surface area contributed by atoms with Crippen LogP contribution in [0.3, 0.4) is 0 Å². The van der Waals surface area contributed by atoms with Crippen molar-refractivity contribution in [3.63, 3.8) is 0 Å². The monoisotopic (exact) mass is 905 g/mol. The molecular formula is C48H90NdO6. The van der Waals surface area contributed by atoms with Crippen molar-refractivity contribution in [2.45, 2.75) is 252 Å². The zero-order valence-electron chi connectivity index (χ0n) is 36.5. The third-order valence-electron chi connectivity index (χ3n) is 9.46. The molecule has 0 spiro atoms. The van der Waals surface area contributed by atoms with Crippen molar-refractivity contribution in [3.8, 4) is 0 Å². The molecule has 0 radical (unpaired) electrons. The number of unbranched alkanes of at least 4 members (excludes halogenated alkanes) is 27. The van der Waals surface area contributed by atoms with Gasteiger partial charge in [0.1, 0.15) is 0 Å². The third kappa shape index (κ3) is 71.2. The van der Waals surface area contributed by atoms with Gasteiger partial charge in [0, 0.05) is 60.1 Å². The molecule has 0 aromatic carbocycles. The molecule has 0 unspecified atom stereocenters. The summed E-state index contributed by atoms with van der Waals surface area (Å²) in [6, 6.07) is 0. The molecular weight excluding hydrogens is 817 g/mol. The van der Waals surface area contributed by atoms with E-state index in [1.807, 2.05) is 0 Å². The molecule has 0 atom stereocenters. The topological polar surface area (TPSA) is 112 Å². The first-order valence-corrected chi connectivity index (χ1v) is 22.9. The summed E-state index contributed by atoms with van der Waals surface area (Å²) in [4.78, 5) is 30.9. The Morgan fingerprint density at radius 3 is 0.636 bits per heavy atom. The Balaban J connectivity index is -0.000000351. The average molecular weight is 907 g/mol. The summed E-state index contributed by atoms with van der Waals surface area (Å²) in [6.45, 7) is 6.73. The largest absolute Gasteiger partial charge is 0.481 e. The predicted molar refractivity (Wildman–Crippen MR) is 234 cm³/mol. The van der Waals surface area contributed by atoms with E-state index >= 15 is 0 Å². The van der Waals surface area contributed by atoms with E-state index in [-0.39, 0.29) is 40.8 Å². The van der Waals surface area contributed by atoms with E-state index in [1.165, 1.54) is 173 Å². The molecule has 0 rings (SSSR count). The van der Waals surface area contributed by atoms with Gasteiger partial charge in [-0.2, -0.15) is 0 Å². The van der Waals surface area contributed by atoms with Gasteiger partial charge in [-0.25, -0.2) is 0 Å². The maximum atomic E-state index is 10.3. The van der Waals surface area contributed by atoms with Gasteiger partial charge in [-0.15, -0.1) is 0 Å². The van der Waals surface area contributed by atoms with Crippen molar-refractivity contribution in [1.82, 2.24) is 0 Å². The van der Waals surface area contributed by atoms with E-state index in [1.54, 1.807) is 0 Å². The minimum absolute atomic E-state index is 0. The van der Waals surface area contributed by atoms with Gasteiger partial charge in [-0.05, 0) is 96.3 Å². The normalized spacial score (nSPS) is 11.0. The second-order valence-electron chi connectivity index (χ2n) is 15.1. The van der Waals surface area contributed by atoms with Crippen molar-refractivity contribution in [1.29, 1.82) is 0 Å². The van der Waals surface area contributed by atoms with Crippen LogP contribution in [-0.4, -0.2) is 33.2 Å². The van der Waals surface area contributed by atoms with Crippen LogP contribution in [-0.2, 0) is 14.4 Å². The molecule has 0 bridgehead atoms. The minimum Gasteiger partial charge on any atom is -0.481 e. The van der Waals surface area contributed by atoms with Crippen molar-refractivity contribution in [2.75, 3.05) is 0 Å². The van der Waals surface area contributed by atoms with Gasteiger partial charge in [0.15, 0.2) is 0 Å². The standard InChI is InChI=1S/3C16H30O2.Nd/c3*1-2-3-4-5-6-7-8-9-10-11-12-13-14-15-16(17)18;/h3*7-8H,2-6,9-15H2,1H3,(H,17,18);/b3*8-7-;. The fourth-order valence-corrected chi connectivity index (χ4v) is 5.98. The smallest absolute Gasteiger partial charge is 0.303 e. The number of hydrogen-bond donors (Lipinski definition) is 3. The Morgan fingerprint density at radius 2 is 0.455 bits per heavy atom. The van der Waals surface area contributed by atoms with Crippen molar-refractivity contribution < 1.29 is 70.5 Å². The van der Waals surface area contributed by atoms with E-state index in [0.29, 0.717) is 19.3 Å². The summed E-state index contributed by atoms with van der Waals surface area (Å²) >= 11 is 0. The zero-order valence-corrected chi connectivity index (χ0v) is 39.7. The molecule has 0 aromatic rings. The number of rotatable bonds is 39. The fraction of sp³-hybridized carbons (Fsp3) is 0.812. The molecule has 55 heavy (non-hydrogen) atoms. The number of allylic oxidation sites excluding steroid dienone is 6. The molecule has 0 aliphatic heterocycles. The summed E-state index contributed by atoms with van der Waals surface area (Å²) in [6.07, 6.45) is 55.0. The summed E-state index contributed by atoms with van der Waals surface area (Å²) in [7, 11) is 0. The van der Waals surface area contributed by atoms with Gasteiger partial charge in [-0.1, -0.05) is 173 Å². The van der Waals surface area contributed by atoms with Crippen LogP contribution in [0.1, 0.15) is 252 Å². The van der Waals surface area contributed by atoms with E-state index < -0.39 is 17.9 Å². The number of carboxylic acid groups (broad SMARTS) is 3. The van der Waals surface area contributed by atoms with E-state index in [0.717, 1.165) is 38.5 Å². The zero-order chi connectivity index (χ0) is 40.4. The number of carbonyl (C=O) groups is 3. The number of hydrogen-bond acceptors (Lipinski definition) is 3. The quantitative estimate of drug-likeness (QED) is 0.0418. The molecule has 0 fully saturated rings. The van der Waals surface area contributed by atoms with Crippen LogP contribution < -0.4 is 0 Å². The predicted octanol–water partition coefficient (Wildman–Crippen LogP) is 16.0. The van der Waals surface area contributed by atoms with Crippen molar-refractivity contribution in [3.05, 3.63) is 36.5 Å². The first kappa shape index (κ1) is 60.7. The van der Waals surface area contributed by atoms with Crippen LogP contribution in [0.15, 0.2) is 36.5 Å². The maximum Gasteiger partial charge on any atom is 0.303 e. The fourth-order valence-electron chi connectivity index (χ4n) is 5.98. The molecule has 0 aliphatic rings. The van der Waals surface area contributed by atoms with Gasteiger partial charge in [0.25, 0.3) is 0 Å². The Morgan fingerprint density at radius 1 is 0.291 bits per heavy atom. The molecule has 6 nitrogen and oxygen atoms in total. The van der Waals surface area contributed by atoms with Crippen LogP contribution >= 0.6 is 0 Å². The SMILES string of the molecule is CCCCCC/C=C\CCCCCCCC(=O)O.CCCCCC/C=C\CCCCCCCC(=O)O.CCCCCC/C=C\CCCCCCCC(=O)O.[Nd]. The van der Waals surface area contributed by atoms with Crippen LogP contribution in [0.4, 0.5) is 0 Å². The van der Waals surface area contributed by atoms with Crippen molar-refractivity contribution >= 4 is 17.9 Å². The molecule has 0 saturated carbocycles. The minimum atomic E-state index is -0.666. The third-order valence-corrected chi connectivity index (χ3v) is 9.46. The second kappa shape index (κ2) is 57.3. The van der Waals surface area contributed by atoms with Gasteiger partial charge in [0.2, 0.25) is 0 Å². The maximum absolute atomic E-state index is 10.3. The Labute approximate surface area is 374 Å². The summed E-state index contributed by atoms with van der Waals surface area (Å²) < 4.78 is 0. The first-order chi connectivity index (χ1) is 26.3. The van der Waals surface area contributed by atoms with E-state index in [2.05, 4.69) is 57.2 Å². The van der Waals surface area contributed by atoms with Gasteiger partial charge in [-0.3, -0.25) is 14.4 Å². The van der Waals surface area contributed by atoms with Gasteiger partial charge < -0.3 is 15.3 Å².